The van der Waals surface area contributed by atoms with Gasteiger partial charge in [-0.25, -0.2) is 0 Å². The van der Waals surface area contributed by atoms with E-state index in [1.54, 1.807) is 6.20 Å². The summed E-state index contributed by atoms with van der Waals surface area (Å²) in [5.41, 5.74) is 6.46. The van der Waals surface area contributed by atoms with E-state index in [1.165, 1.54) is 0 Å². The fraction of sp³-hybridized carbons (Fsp3) is 0.571. The van der Waals surface area contributed by atoms with E-state index in [2.05, 4.69) is 24.1 Å². The summed E-state index contributed by atoms with van der Waals surface area (Å²) in [6, 6.07) is 3.94. The van der Waals surface area contributed by atoms with E-state index >= 15 is 0 Å². The first-order chi connectivity index (χ1) is 8.47. The number of nitrogens with zero attached hydrogens (tertiary/aromatic N) is 1. The lowest BCUT2D eigenvalue weighted by atomic mass is 9.85. The molecule has 0 radical (unpaired) electrons. The van der Waals surface area contributed by atoms with Gasteiger partial charge in [0.15, 0.2) is 0 Å². The highest BCUT2D eigenvalue weighted by Gasteiger charge is 2.22. The highest BCUT2D eigenvalue weighted by molar-refractivity contribution is 5.78. The van der Waals surface area contributed by atoms with Crippen LogP contribution in [0.5, 0.6) is 0 Å². The van der Waals surface area contributed by atoms with Gasteiger partial charge in [0.2, 0.25) is 5.91 Å². The Bertz CT molecular complexity index is 376. The predicted octanol–water partition coefficient (Wildman–Crippen LogP) is 1.46. The Kier molecular flexibility index (Phi) is 5.28. The van der Waals surface area contributed by atoms with Crippen LogP contribution in [0.25, 0.3) is 0 Å². The van der Waals surface area contributed by atoms with E-state index in [0.717, 1.165) is 12.0 Å². The van der Waals surface area contributed by atoms with Gasteiger partial charge in [0.05, 0.1) is 0 Å². The standard InChI is InChI=1S/C14H23N3O/c1-11(6-7-15)13(18)17-10-14(2,3)12-5-4-8-16-9-12/h4-5,8-9,11H,6-7,10,15H2,1-3H3,(H,17,18). The minimum absolute atomic E-state index is 0.0281. The van der Waals surface area contributed by atoms with E-state index in [9.17, 15) is 4.79 Å². The highest BCUT2D eigenvalue weighted by Crippen LogP contribution is 2.21. The molecule has 1 heterocycles. The zero-order valence-corrected chi connectivity index (χ0v) is 11.4. The summed E-state index contributed by atoms with van der Waals surface area (Å²) >= 11 is 0. The summed E-state index contributed by atoms with van der Waals surface area (Å²) in [6.07, 6.45) is 4.32. The van der Waals surface area contributed by atoms with E-state index < -0.39 is 0 Å². The number of pyridine rings is 1. The number of hydrogen-bond acceptors (Lipinski definition) is 3. The molecule has 18 heavy (non-hydrogen) atoms. The quantitative estimate of drug-likeness (QED) is 0.802. The molecule has 0 fully saturated rings. The lowest BCUT2D eigenvalue weighted by molar-refractivity contribution is -0.124. The Morgan fingerprint density at radius 1 is 1.56 bits per heavy atom. The Labute approximate surface area is 109 Å². The molecule has 1 aromatic heterocycles. The van der Waals surface area contributed by atoms with Crippen LogP contribution in [-0.2, 0) is 10.2 Å². The van der Waals surface area contributed by atoms with Crippen molar-refractivity contribution in [3.63, 3.8) is 0 Å². The molecular formula is C14H23N3O. The van der Waals surface area contributed by atoms with Gasteiger partial charge in [-0.2, -0.15) is 0 Å². The minimum Gasteiger partial charge on any atom is -0.355 e. The van der Waals surface area contributed by atoms with Crippen LogP contribution in [0.1, 0.15) is 32.8 Å². The summed E-state index contributed by atoms with van der Waals surface area (Å²) in [4.78, 5) is 15.9. The zero-order chi connectivity index (χ0) is 13.6. The number of nitrogens with two attached hydrogens (primary N) is 1. The number of aromatic nitrogens is 1. The Morgan fingerprint density at radius 3 is 2.83 bits per heavy atom. The number of rotatable bonds is 6. The lowest BCUT2D eigenvalue weighted by Crippen LogP contribution is -2.39. The average molecular weight is 249 g/mol. The second-order valence-corrected chi connectivity index (χ2v) is 5.32. The maximum Gasteiger partial charge on any atom is 0.222 e. The van der Waals surface area contributed by atoms with Gasteiger partial charge in [0.1, 0.15) is 0 Å². The first-order valence-corrected chi connectivity index (χ1v) is 6.35. The van der Waals surface area contributed by atoms with Crippen molar-refractivity contribution in [1.29, 1.82) is 0 Å². The van der Waals surface area contributed by atoms with Gasteiger partial charge >= 0.3 is 0 Å². The van der Waals surface area contributed by atoms with Gasteiger partial charge in [-0.1, -0.05) is 26.8 Å². The maximum absolute atomic E-state index is 11.8. The van der Waals surface area contributed by atoms with Crippen molar-refractivity contribution < 1.29 is 4.79 Å². The Balaban J connectivity index is 2.55. The van der Waals surface area contributed by atoms with Crippen molar-refractivity contribution in [2.75, 3.05) is 13.1 Å². The molecule has 1 atom stereocenters. The monoisotopic (exact) mass is 249 g/mol. The smallest absolute Gasteiger partial charge is 0.222 e. The first-order valence-electron chi connectivity index (χ1n) is 6.35. The third-order valence-electron chi connectivity index (χ3n) is 3.19. The number of nitrogens with one attached hydrogen (secondary N) is 1. The van der Waals surface area contributed by atoms with Crippen molar-refractivity contribution in [2.24, 2.45) is 11.7 Å². The van der Waals surface area contributed by atoms with Crippen molar-refractivity contribution in [3.05, 3.63) is 30.1 Å². The molecule has 0 aliphatic rings. The highest BCUT2D eigenvalue weighted by atomic mass is 16.1. The minimum atomic E-state index is -0.119. The van der Waals surface area contributed by atoms with Gasteiger partial charge in [-0.3, -0.25) is 9.78 Å². The lowest BCUT2D eigenvalue weighted by Gasteiger charge is -2.26. The summed E-state index contributed by atoms with van der Waals surface area (Å²) in [5.74, 6) is 0.0390. The molecule has 0 aromatic carbocycles. The molecule has 3 N–H and O–H groups in total. The molecule has 1 rings (SSSR count). The van der Waals surface area contributed by atoms with Gasteiger partial charge in [-0.15, -0.1) is 0 Å². The zero-order valence-electron chi connectivity index (χ0n) is 11.4. The molecular weight excluding hydrogens is 226 g/mol. The third-order valence-corrected chi connectivity index (χ3v) is 3.19. The molecule has 0 aliphatic carbocycles. The molecule has 1 aromatic rings. The number of carbonyl (C=O) groups is 1. The van der Waals surface area contributed by atoms with Crippen molar-refractivity contribution in [1.82, 2.24) is 10.3 Å². The maximum atomic E-state index is 11.8. The summed E-state index contributed by atoms with van der Waals surface area (Å²) in [5, 5.41) is 2.98. The summed E-state index contributed by atoms with van der Waals surface area (Å²) in [6.45, 7) is 7.24. The van der Waals surface area contributed by atoms with Crippen molar-refractivity contribution in [2.45, 2.75) is 32.6 Å². The third kappa shape index (κ3) is 4.11. The number of hydrogen-bond donors (Lipinski definition) is 2. The molecule has 4 heteroatoms. The number of amides is 1. The van der Waals surface area contributed by atoms with Gasteiger partial charge in [0.25, 0.3) is 0 Å². The fourth-order valence-corrected chi connectivity index (χ4v) is 1.73. The molecule has 0 saturated carbocycles. The Hall–Kier alpha value is -1.42. The van der Waals surface area contributed by atoms with Gasteiger partial charge in [0, 0.05) is 30.3 Å². The first kappa shape index (κ1) is 14.6. The van der Waals surface area contributed by atoms with Gasteiger partial charge in [-0.05, 0) is 24.6 Å². The topological polar surface area (TPSA) is 68.0 Å². The van der Waals surface area contributed by atoms with Crippen LogP contribution in [-0.4, -0.2) is 24.0 Å². The van der Waals surface area contributed by atoms with E-state index in [-0.39, 0.29) is 17.2 Å². The average Bonchev–Trinajstić information content (AvgIpc) is 2.37. The molecule has 0 saturated heterocycles. The molecule has 1 unspecified atom stereocenters. The van der Waals surface area contributed by atoms with Crippen molar-refractivity contribution >= 4 is 5.91 Å². The van der Waals surface area contributed by atoms with Gasteiger partial charge < -0.3 is 11.1 Å². The second-order valence-electron chi connectivity index (χ2n) is 5.32. The second kappa shape index (κ2) is 6.50. The molecule has 1 amide bonds. The molecule has 4 nitrogen and oxygen atoms in total. The summed E-state index contributed by atoms with van der Waals surface area (Å²) in [7, 11) is 0. The molecule has 100 valence electrons. The molecule has 0 aliphatic heterocycles. The van der Waals surface area contributed by atoms with E-state index in [1.807, 2.05) is 25.3 Å². The van der Waals surface area contributed by atoms with E-state index in [0.29, 0.717) is 13.1 Å². The van der Waals surface area contributed by atoms with Crippen LogP contribution in [0.15, 0.2) is 24.5 Å². The molecule has 0 spiro atoms. The van der Waals surface area contributed by atoms with Crippen LogP contribution < -0.4 is 11.1 Å². The van der Waals surface area contributed by atoms with Crippen LogP contribution in [0, 0.1) is 5.92 Å². The molecule has 0 bridgehead atoms. The summed E-state index contributed by atoms with van der Waals surface area (Å²) < 4.78 is 0. The van der Waals surface area contributed by atoms with E-state index in [4.69, 9.17) is 5.73 Å². The van der Waals surface area contributed by atoms with Crippen LogP contribution >= 0.6 is 0 Å². The fourth-order valence-electron chi connectivity index (χ4n) is 1.73. The Morgan fingerprint density at radius 2 is 2.28 bits per heavy atom. The normalized spacial score (nSPS) is 13.1. The van der Waals surface area contributed by atoms with Crippen molar-refractivity contribution in [3.8, 4) is 0 Å². The van der Waals surface area contributed by atoms with Crippen LogP contribution in [0.2, 0.25) is 0 Å². The number of carbonyl (C=O) groups excluding carboxylic acids is 1. The van der Waals surface area contributed by atoms with Crippen LogP contribution in [0.4, 0.5) is 0 Å². The largest absolute Gasteiger partial charge is 0.355 e. The van der Waals surface area contributed by atoms with Crippen LogP contribution in [0.3, 0.4) is 0 Å². The predicted molar refractivity (Wildman–Crippen MR) is 73.1 cm³/mol. The SMILES string of the molecule is CC(CCN)C(=O)NCC(C)(C)c1cccnc1.